The SMILES string of the molecule is CN1C[C@@H](c2ccc(Cl)cc2Cl)[C@]2(C(=O)Sc3ncnn32)[C@]12C(=O)Nc1ccccc12. The predicted molar refractivity (Wildman–Crippen MR) is 117 cm³/mol. The monoisotopic (exact) mass is 471 g/mol. The average molecular weight is 472 g/mol. The number of para-hydroxylation sites is 1. The molecule has 3 atom stereocenters. The van der Waals surface area contributed by atoms with Gasteiger partial charge in [0, 0.05) is 33.8 Å². The number of aromatic nitrogens is 3. The Morgan fingerprint density at radius 2 is 2.00 bits per heavy atom. The number of hydrogen-bond donors (Lipinski definition) is 1. The van der Waals surface area contributed by atoms with E-state index in [0.29, 0.717) is 27.4 Å². The molecule has 7 nitrogen and oxygen atoms in total. The van der Waals surface area contributed by atoms with Crippen LogP contribution in [0.3, 0.4) is 0 Å². The van der Waals surface area contributed by atoms with Gasteiger partial charge in [0.1, 0.15) is 6.33 Å². The third-order valence-corrected chi connectivity index (χ3v) is 8.18. The number of halogens is 2. The van der Waals surface area contributed by atoms with Gasteiger partial charge in [0.25, 0.3) is 5.91 Å². The van der Waals surface area contributed by atoms with E-state index >= 15 is 0 Å². The summed E-state index contributed by atoms with van der Waals surface area (Å²) in [5.74, 6) is -0.719. The zero-order valence-electron chi connectivity index (χ0n) is 16.2. The number of fused-ring (bicyclic) bond motifs is 5. The second kappa shape index (κ2) is 6.32. The summed E-state index contributed by atoms with van der Waals surface area (Å²) in [4.78, 5) is 33.9. The summed E-state index contributed by atoms with van der Waals surface area (Å²) in [6.45, 7) is 0.411. The van der Waals surface area contributed by atoms with Gasteiger partial charge in [-0.3, -0.25) is 14.5 Å². The van der Waals surface area contributed by atoms with Crippen LogP contribution in [0.25, 0.3) is 0 Å². The van der Waals surface area contributed by atoms with E-state index in [1.165, 1.54) is 6.33 Å². The lowest BCUT2D eigenvalue weighted by Gasteiger charge is -2.42. The molecule has 0 bridgehead atoms. The Balaban J connectivity index is 1.73. The van der Waals surface area contributed by atoms with Crippen molar-refractivity contribution in [1.29, 1.82) is 0 Å². The van der Waals surface area contributed by atoms with Crippen molar-refractivity contribution in [2.45, 2.75) is 22.2 Å². The van der Waals surface area contributed by atoms with Gasteiger partial charge in [0.2, 0.25) is 5.12 Å². The molecule has 1 aromatic heterocycles. The topological polar surface area (TPSA) is 80.1 Å². The van der Waals surface area contributed by atoms with Crippen molar-refractivity contribution in [2.75, 3.05) is 18.9 Å². The zero-order chi connectivity index (χ0) is 21.5. The molecule has 3 aromatic rings. The molecule has 10 heteroatoms. The number of thioether (sulfide) groups is 1. The molecule has 0 saturated carbocycles. The van der Waals surface area contributed by atoms with E-state index in [-0.39, 0.29) is 11.0 Å². The van der Waals surface area contributed by atoms with Crippen molar-refractivity contribution in [3.63, 3.8) is 0 Å². The summed E-state index contributed by atoms with van der Waals surface area (Å²) >= 11 is 13.8. The smallest absolute Gasteiger partial charge is 0.252 e. The molecule has 1 saturated heterocycles. The highest BCUT2D eigenvalue weighted by atomic mass is 35.5. The molecule has 6 rings (SSSR count). The van der Waals surface area contributed by atoms with E-state index in [9.17, 15) is 9.59 Å². The molecule has 2 spiro atoms. The molecular weight excluding hydrogens is 457 g/mol. The van der Waals surface area contributed by atoms with Crippen molar-refractivity contribution < 1.29 is 9.59 Å². The molecule has 0 aliphatic carbocycles. The fraction of sp³-hybridized carbons (Fsp3) is 0.238. The van der Waals surface area contributed by atoms with Crippen molar-refractivity contribution in [2.24, 2.45) is 0 Å². The number of nitrogens with one attached hydrogen (secondary N) is 1. The summed E-state index contributed by atoms with van der Waals surface area (Å²) in [6.07, 6.45) is 1.42. The molecule has 1 amide bonds. The first-order valence-electron chi connectivity index (χ1n) is 9.62. The molecule has 4 heterocycles. The predicted octanol–water partition coefficient (Wildman–Crippen LogP) is 3.49. The van der Waals surface area contributed by atoms with Gasteiger partial charge in [-0.15, -0.1) is 0 Å². The average Bonchev–Trinajstić information content (AvgIpc) is 3.43. The minimum atomic E-state index is -1.37. The van der Waals surface area contributed by atoms with Crippen LogP contribution in [-0.2, 0) is 20.7 Å². The number of likely N-dealkylation sites (tertiary alicyclic amines) is 1. The second-order valence-corrected chi connectivity index (χ2v) is 9.70. The van der Waals surface area contributed by atoms with Crippen LogP contribution >= 0.6 is 35.0 Å². The number of benzene rings is 2. The van der Waals surface area contributed by atoms with Gasteiger partial charge in [-0.05, 0) is 42.6 Å². The van der Waals surface area contributed by atoms with Gasteiger partial charge < -0.3 is 5.32 Å². The summed E-state index contributed by atoms with van der Waals surface area (Å²) < 4.78 is 1.63. The van der Waals surface area contributed by atoms with Gasteiger partial charge in [-0.2, -0.15) is 5.10 Å². The normalized spacial score (nSPS) is 29.1. The Hall–Kier alpha value is -2.39. The van der Waals surface area contributed by atoms with E-state index in [1.54, 1.807) is 16.8 Å². The minimum Gasteiger partial charge on any atom is -0.324 e. The Kier molecular flexibility index (Phi) is 3.94. The summed E-state index contributed by atoms with van der Waals surface area (Å²) in [7, 11) is 1.86. The highest BCUT2D eigenvalue weighted by Crippen LogP contribution is 2.65. The number of amides is 1. The van der Waals surface area contributed by atoms with E-state index in [4.69, 9.17) is 23.2 Å². The molecule has 3 aliphatic heterocycles. The lowest BCUT2D eigenvalue weighted by atomic mass is 9.68. The molecule has 156 valence electrons. The molecule has 3 aliphatic rings. The van der Waals surface area contributed by atoms with E-state index in [2.05, 4.69) is 15.4 Å². The van der Waals surface area contributed by atoms with Crippen LogP contribution in [0.2, 0.25) is 10.0 Å². The Morgan fingerprint density at radius 1 is 1.19 bits per heavy atom. The first-order chi connectivity index (χ1) is 14.9. The lowest BCUT2D eigenvalue weighted by molar-refractivity contribution is -0.138. The number of carbonyl (C=O) groups excluding carboxylic acids is 2. The molecule has 1 N–H and O–H groups in total. The van der Waals surface area contributed by atoms with Crippen LogP contribution in [0.4, 0.5) is 5.69 Å². The quantitative estimate of drug-likeness (QED) is 0.584. The Labute approximate surface area is 191 Å². The molecule has 2 aromatic carbocycles. The third kappa shape index (κ3) is 2.11. The number of rotatable bonds is 1. The standard InChI is InChI=1S/C21H15Cl2N5O2S/c1-27-9-14(12-7-6-11(22)8-15(12)23)21(18(30)31-19-24-10-25-28(19)21)20(27)13-4-2-3-5-16(13)26-17(20)29/h2-8,10,14H,9H2,1H3,(H,26,29)/t14-,20-,21-/m0/s1. The Morgan fingerprint density at radius 3 is 2.81 bits per heavy atom. The maximum atomic E-state index is 13.9. The van der Waals surface area contributed by atoms with Gasteiger partial charge in [-0.1, -0.05) is 47.5 Å². The van der Waals surface area contributed by atoms with Crippen LogP contribution in [0.15, 0.2) is 53.9 Å². The van der Waals surface area contributed by atoms with E-state index in [0.717, 1.165) is 22.9 Å². The minimum absolute atomic E-state index is 0.185. The molecule has 31 heavy (non-hydrogen) atoms. The van der Waals surface area contributed by atoms with Crippen LogP contribution in [0, 0.1) is 0 Å². The van der Waals surface area contributed by atoms with Crippen molar-refractivity contribution in [3.8, 4) is 0 Å². The number of hydrogen-bond acceptors (Lipinski definition) is 6. The number of likely N-dealkylation sites (N-methyl/N-ethyl adjacent to an activating group) is 1. The molecule has 1 fully saturated rings. The van der Waals surface area contributed by atoms with E-state index in [1.807, 2.05) is 42.3 Å². The molecule has 0 radical (unpaired) electrons. The fourth-order valence-corrected chi connectivity index (χ4v) is 7.19. The zero-order valence-corrected chi connectivity index (χ0v) is 18.5. The lowest BCUT2D eigenvalue weighted by Crippen LogP contribution is -2.62. The van der Waals surface area contributed by atoms with Crippen LogP contribution in [-0.4, -0.2) is 44.3 Å². The van der Waals surface area contributed by atoms with Crippen molar-refractivity contribution in [3.05, 3.63) is 70.0 Å². The Bertz CT molecular complexity index is 1300. The van der Waals surface area contributed by atoms with Gasteiger partial charge in [-0.25, -0.2) is 9.67 Å². The first kappa shape index (κ1) is 19.3. The van der Waals surface area contributed by atoms with Crippen LogP contribution in [0.5, 0.6) is 0 Å². The molecule has 0 unspecified atom stereocenters. The van der Waals surface area contributed by atoms with Crippen molar-refractivity contribution in [1.82, 2.24) is 19.7 Å². The summed E-state index contributed by atoms with van der Waals surface area (Å²) in [6, 6.07) is 12.7. The van der Waals surface area contributed by atoms with Crippen LogP contribution in [0.1, 0.15) is 17.0 Å². The highest BCUT2D eigenvalue weighted by Gasteiger charge is 2.78. The third-order valence-electron chi connectivity index (χ3n) is 6.66. The maximum absolute atomic E-state index is 13.9. The highest BCUT2D eigenvalue weighted by molar-refractivity contribution is 8.14. The number of nitrogens with zero attached hydrogens (tertiary/aromatic N) is 4. The summed E-state index contributed by atoms with van der Waals surface area (Å²) in [5.41, 5.74) is -0.503. The van der Waals surface area contributed by atoms with E-state index < -0.39 is 17.0 Å². The van der Waals surface area contributed by atoms with Gasteiger partial charge in [0.05, 0.1) is 0 Å². The van der Waals surface area contributed by atoms with Gasteiger partial charge >= 0.3 is 0 Å². The number of anilines is 1. The largest absolute Gasteiger partial charge is 0.324 e. The maximum Gasteiger partial charge on any atom is 0.252 e. The van der Waals surface area contributed by atoms with Crippen LogP contribution < -0.4 is 5.32 Å². The number of carbonyl (C=O) groups is 2. The second-order valence-electron chi connectivity index (χ2n) is 7.92. The summed E-state index contributed by atoms with van der Waals surface area (Å²) in [5, 5.41) is 8.67. The van der Waals surface area contributed by atoms with Gasteiger partial charge in [0.15, 0.2) is 16.2 Å². The molecular formula is C21H15Cl2N5O2S. The first-order valence-corrected chi connectivity index (χ1v) is 11.2. The van der Waals surface area contributed by atoms with Crippen molar-refractivity contribution >= 4 is 51.7 Å². The fourth-order valence-electron chi connectivity index (χ4n) is 5.57.